The monoisotopic (exact) mass is 351 g/mol. The van der Waals surface area contributed by atoms with Crippen LogP contribution in [0.15, 0.2) is 12.1 Å². The largest absolute Gasteiger partial charge is 0.486 e. The number of amides is 1. The summed E-state index contributed by atoms with van der Waals surface area (Å²) >= 11 is 6.21. The number of halogens is 1. The predicted molar refractivity (Wildman–Crippen MR) is 95.8 cm³/mol. The van der Waals surface area contributed by atoms with Gasteiger partial charge < -0.3 is 20.7 Å². The fraction of sp³-hybridized carbons (Fsp3) is 0.611. The minimum atomic E-state index is -0.296. The number of piperidine rings is 1. The number of carbonyl (C=O) groups is 1. The minimum absolute atomic E-state index is 0.0938. The number of rotatable bonds is 4. The summed E-state index contributed by atoms with van der Waals surface area (Å²) in [5.41, 5.74) is 6.86. The van der Waals surface area contributed by atoms with Gasteiger partial charge in [-0.3, -0.25) is 4.79 Å². The van der Waals surface area contributed by atoms with Gasteiger partial charge in [0.25, 0.3) is 5.91 Å². The molecule has 2 aliphatic heterocycles. The van der Waals surface area contributed by atoms with E-state index >= 15 is 0 Å². The van der Waals surface area contributed by atoms with Crippen molar-refractivity contribution in [2.24, 2.45) is 5.73 Å². The van der Waals surface area contributed by atoms with Crippen LogP contribution in [-0.2, 0) is 6.42 Å². The van der Waals surface area contributed by atoms with Gasteiger partial charge in [-0.25, -0.2) is 0 Å². The summed E-state index contributed by atoms with van der Waals surface area (Å²) < 4.78 is 6.00. The first kappa shape index (κ1) is 17.5. The lowest BCUT2D eigenvalue weighted by atomic mass is 9.99. The molecule has 1 aromatic rings. The lowest BCUT2D eigenvalue weighted by Crippen LogP contribution is -2.45. The molecular weight excluding hydrogens is 326 g/mol. The molecule has 5 nitrogen and oxygen atoms in total. The molecular formula is C18H26ClN3O2. The van der Waals surface area contributed by atoms with E-state index in [0.717, 1.165) is 44.5 Å². The zero-order valence-electron chi connectivity index (χ0n) is 14.4. The van der Waals surface area contributed by atoms with E-state index in [2.05, 4.69) is 10.2 Å². The molecule has 6 heteroatoms. The van der Waals surface area contributed by atoms with Gasteiger partial charge in [-0.15, -0.1) is 0 Å². The van der Waals surface area contributed by atoms with Crippen LogP contribution in [0.3, 0.4) is 0 Å². The molecule has 24 heavy (non-hydrogen) atoms. The highest BCUT2D eigenvalue weighted by Gasteiger charge is 2.34. The van der Waals surface area contributed by atoms with Gasteiger partial charge in [0.2, 0.25) is 0 Å². The molecule has 3 rings (SSSR count). The van der Waals surface area contributed by atoms with E-state index < -0.39 is 0 Å². The molecule has 0 unspecified atom stereocenters. The van der Waals surface area contributed by atoms with Crippen molar-refractivity contribution in [2.45, 2.75) is 44.8 Å². The summed E-state index contributed by atoms with van der Waals surface area (Å²) in [6.07, 6.45) is 2.66. The Labute approximate surface area is 148 Å². The first-order valence-corrected chi connectivity index (χ1v) is 9.00. The summed E-state index contributed by atoms with van der Waals surface area (Å²) in [6, 6.07) is 3.80. The van der Waals surface area contributed by atoms with Crippen LogP contribution in [0.2, 0.25) is 5.02 Å². The second-order valence-electron chi connectivity index (χ2n) is 7.36. The number of likely N-dealkylation sites (tertiary alicyclic amines) is 1. The van der Waals surface area contributed by atoms with Crippen LogP contribution in [0.4, 0.5) is 0 Å². The van der Waals surface area contributed by atoms with E-state index in [1.807, 2.05) is 19.9 Å². The van der Waals surface area contributed by atoms with E-state index in [4.69, 9.17) is 22.1 Å². The topological polar surface area (TPSA) is 67.6 Å². The Morgan fingerprint density at radius 1 is 1.42 bits per heavy atom. The van der Waals surface area contributed by atoms with E-state index in [1.54, 1.807) is 6.07 Å². The highest BCUT2D eigenvalue weighted by Crippen LogP contribution is 2.39. The third kappa shape index (κ3) is 3.85. The molecule has 3 N–H and O–H groups in total. The van der Waals surface area contributed by atoms with Crippen molar-refractivity contribution in [2.75, 3.05) is 26.2 Å². The van der Waals surface area contributed by atoms with Crippen LogP contribution in [0.25, 0.3) is 0 Å². The van der Waals surface area contributed by atoms with Crippen molar-refractivity contribution in [1.29, 1.82) is 0 Å². The van der Waals surface area contributed by atoms with E-state index in [9.17, 15) is 4.79 Å². The maximum atomic E-state index is 12.8. The number of ether oxygens (including phenoxy) is 1. The number of nitrogens with one attached hydrogen (secondary N) is 1. The Morgan fingerprint density at radius 2 is 2.12 bits per heavy atom. The zero-order valence-corrected chi connectivity index (χ0v) is 15.2. The van der Waals surface area contributed by atoms with Crippen LogP contribution in [0, 0.1) is 0 Å². The lowest BCUT2D eigenvalue weighted by Gasteiger charge is -2.32. The number of benzene rings is 1. The first-order valence-electron chi connectivity index (χ1n) is 8.63. The number of hydrogen-bond donors (Lipinski definition) is 2. The van der Waals surface area contributed by atoms with E-state index in [1.165, 1.54) is 0 Å². The molecule has 0 spiro atoms. The molecule has 2 heterocycles. The predicted octanol–water partition coefficient (Wildman–Crippen LogP) is 2.21. The molecule has 1 fully saturated rings. The number of hydrogen-bond acceptors (Lipinski definition) is 4. The van der Waals surface area contributed by atoms with Crippen LogP contribution < -0.4 is 15.8 Å². The number of carbonyl (C=O) groups excluding carboxylic acids is 1. The average molecular weight is 352 g/mol. The number of fused-ring (bicyclic) bond motifs is 1. The lowest BCUT2D eigenvalue weighted by molar-refractivity contribution is 0.0899. The SMILES string of the molecule is CC1(C)Cc2cc(Cl)cc(C(=O)NC3CCN(CCN)CC3)c2O1. The second-order valence-corrected chi connectivity index (χ2v) is 7.79. The summed E-state index contributed by atoms with van der Waals surface area (Å²) in [6.45, 7) is 7.59. The van der Waals surface area contributed by atoms with Crippen molar-refractivity contribution in [3.63, 3.8) is 0 Å². The van der Waals surface area contributed by atoms with Crippen LogP contribution in [0.5, 0.6) is 5.75 Å². The fourth-order valence-electron chi connectivity index (χ4n) is 3.59. The van der Waals surface area contributed by atoms with Gasteiger partial charge in [0, 0.05) is 49.2 Å². The minimum Gasteiger partial charge on any atom is -0.486 e. The average Bonchev–Trinajstić information content (AvgIpc) is 2.82. The highest BCUT2D eigenvalue weighted by molar-refractivity contribution is 6.31. The maximum absolute atomic E-state index is 12.8. The Kier molecular flexibility index (Phi) is 5.04. The third-order valence-corrected chi connectivity index (χ3v) is 4.96. The van der Waals surface area contributed by atoms with Crippen molar-refractivity contribution in [1.82, 2.24) is 10.2 Å². The van der Waals surface area contributed by atoms with Gasteiger partial charge >= 0.3 is 0 Å². The molecule has 0 radical (unpaired) electrons. The van der Waals surface area contributed by atoms with Crippen molar-refractivity contribution in [3.8, 4) is 5.75 Å². The molecule has 1 saturated heterocycles. The van der Waals surface area contributed by atoms with Gasteiger partial charge in [0.1, 0.15) is 11.4 Å². The van der Waals surface area contributed by atoms with Crippen LogP contribution in [0.1, 0.15) is 42.6 Å². The molecule has 0 atom stereocenters. The molecule has 2 aliphatic rings. The van der Waals surface area contributed by atoms with Crippen molar-refractivity contribution < 1.29 is 9.53 Å². The van der Waals surface area contributed by atoms with Gasteiger partial charge in [-0.05, 0) is 38.8 Å². The van der Waals surface area contributed by atoms with E-state index in [-0.39, 0.29) is 17.6 Å². The summed E-state index contributed by atoms with van der Waals surface area (Å²) in [5.74, 6) is 0.589. The third-order valence-electron chi connectivity index (χ3n) is 4.74. The zero-order chi connectivity index (χ0) is 17.3. The smallest absolute Gasteiger partial charge is 0.255 e. The Balaban J connectivity index is 1.69. The molecule has 1 aromatic carbocycles. The molecule has 0 aromatic heterocycles. The molecule has 132 valence electrons. The maximum Gasteiger partial charge on any atom is 0.255 e. The summed E-state index contributed by atoms with van der Waals surface area (Å²) in [5, 5.41) is 3.73. The Bertz CT molecular complexity index is 625. The quantitative estimate of drug-likeness (QED) is 0.872. The molecule has 1 amide bonds. The molecule has 0 bridgehead atoms. The van der Waals surface area contributed by atoms with Crippen molar-refractivity contribution >= 4 is 17.5 Å². The Hall–Kier alpha value is -1.30. The molecule has 0 saturated carbocycles. The standard InChI is InChI=1S/C18H26ClN3O2/c1-18(2)11-12-9-13(19)10-15(16(12)24-18)17(23)21-14-3-6-22(7-4-14)8-5-20/h9-10,14H,3-8,11,20H2,1-2H3,(H,21,23). The van der Waals surface area contributed by atoms with Gasteiger partial charge in [0.05, 0.1) is 5.56 Å². The summed E-state index contributed by atoms with van der Waals surface area (Å²) in [7, 11) is 0. The Morgan fingerprint density at radius 3 is 2.79 bits per heavy atom. The second kappa shape index (κ2) is 6.90. The van der Waals surface area contributed by atoms with E-state index in [0.29, 0.717) is 22.9 Å². The van der Waals surface area contributed by atoms with Crippen molar-refractivity contribution in [3.05, 3.63) is 28.3 Å². The first-order chi connectivity index (χ1) is 11.4. The summed E-state index contributed by atoms with van der Waals surface area (Å²) in [4.78, 5) is 15.1. The molecule has 0 aliphatic carbocycles. The highest BCUT2D eigenvalue weighted by atomic mass is 35.5. The van der Waals surface area contributed by atoms with Gasteiger partial charge in [0.15, 0.2) is 0 Å². The van der Waals surface area contributed by atoms with Crippen LogP contribution in [-0.4, -0.2) is 48.6 Å². The fourth-order valence-corrected chi connectivity index (χ4v) is 3.83. The number of nitrogens with zero attached hydrogens (tertiary/aromatic N) is 1. The normalized spacial score (nSPS) is 20.5. The number of nitrogens with two attached hydrogens (primary N) is 1. The van der Waals surface area contributed by atoms with Gasteiger partial charge in [-0.2, -0.15) is 0 Å². The van der Waals surface area contributed by atoms with Crippen LogP contribution >= 0.6 is 11.6 Å². The van der Waals surface area contributed by atoms with Gasteiger partial charge in [-0.1, -0.05) is 11.6 Å².